The Morgan fingerprint density at radius 1 is 0.980 bits per heavy atom. The average molecular weight is 675 g/mol. The Hall–Kier alpha value is -4.21. The molecule has 0 saturated carbocycles. The van der Waals surface area contributed by atoms with Gasteiger partial charge in [0.25, 0.3) is 0 Å². The summed E-state index contributed by atoms with van der Waals surface area (Å²) in [7, 11) is 3.16. The number of Topliss-reactive ketones (excluding diaryl/α,β-unsaturated/α-hetero) is 1. The minimum absolute atomic E-state index is 0.0362. The van der Waals surface area contributed by atoms with Crippen LogP contribution in [0.4, 0.5) is 11.4 Å². The number of para-hydroxylation sites is 1. The quantitative estimate of drug-likeness (QED) is 0.309. The Bertz CT molecular complexity index is 1930. The molecule has 260 valence electrons. The second-order valence-electron chi connectivity index (χ2n) is 15.4. The van der Waals surface area contributed by atoms with E-state index in [-0.39, 0.29) is 41.2 Å². The molecule has 2 saturated heterocycles. The van der Waals surface area contributed by atoms with Crippen LogP contribution in [0.25, 0.3) is 0 Å². The van der Waals surface area contributed by atoms with E-state index in [2.05, 4.69) is 65.4 Å². The van der Waals surface area contributed by atoms with Crippen molar-refractivity contribution in [3.8, 4) is 5.75 Å². The number of methoxy groups -OCH3 is 2. The van der Waals surface area contributed by atoms with Crippen molar-refractivity contribution >= 4 is 29.0 Å². The Balaban J connectivity index is 1.29. The molecule has 2 aromatic rings. The maximum atomic E-state index is 15.2. The summed E-state index contributed by atoms with van der Waals surface area (Å²) < 4.78 is 11.7. The first-order valence-corrected chi connectivity index (χ1v) is 18.4. The lowest BCUT2D eigenvalue weighted by molar-refractivity contribution is -0.137. The fraction of sp³-hybridized carbons (Fsp3) is 0.488. The van der Waals surface area contributed by atoms with E-state index in [0.29, 0.717) is 49.4 Å². The third-order valence-electron chi connectivity index (χ3n) is 13.6. The number of piperidine rings is 1. The van der Waals surface area contributed by atoms with E-state index in [1.54, 1.807) is 7.11 Å². The van der Waals surface area contributed by atoms with E-state index in [0.717, 1.165) is 60.4 Å². The number of carbonyl (C=O) groups excluding carboxylic acids is 3. The van der Waals surface area contributed by atoms with Crippen LogP contribution >= 0.6 is 0 Å². The number of hydrogen-bond donors (Lipinski definition) is 1. The van der Waals surface area contributed by atoms with Gasteiger partial charge in [-0.05, 0) is 55.9 Å². The van der Waals surface area contributed by atoms with Crippen LogP contribution in [0.1, 0.15) is 79.9 Å². The summed E-state index contributed by atoms with van der Waals surface area (Å²) in [4.78, 5) is 49.4. The molecule has 6 aliphatic heterocycles. The second-order valence-corrected chi connectivity index (χ2v) is 15.4. The first kappa shape index (κ1) is 31.7. The first-order chi connectivity index (χ1) is 24.3. The highest BCUT2D eigenvalue weighted by Gasteiger charge is 2.66. The predicted molar refractivity (Wildman–Crippen MR) is 191 cm³/mol. The zero-order valence-electron chi connectivity index (χ0n) is 29.5. The molecule has 7 aliphatic rings. The number of nitrogens with zero attached hydrogens (tertiary/aromatic N) is 3. The molecule has 1 aliphatic carbocycles. The molecule has 0 unspecified atom stereocenters. The SMILES string of the molecule is CC[C@@]12C=CCN3CCC(=O)c4ccccc4N(C(=O)[C@@H]31)[C@@H](c1cc3c(cc1OC)NC1=C(C(=O)OC)C[C@]4(CC)C=CCN5CC[C@@]13[C@@H]54)C2. The van der Waals surface area contributed by atoms with E-state index < -0.39 is 10.8 Å². The number of amides is 1. The maximum absolute atomic E-state index is 15.2. The van der Waals surface area contributed by atoms with E-state index in [9.17, 15) is 9.59 Å². The summed E-state index contributed by atoms with van der Waals surface area (Å²) in [6, 6.07) is 11.4. The van der Waals surface area contributed by atoms with E-state index >= 15 is 4.79 Å². The number of hydrogen-bond acceptors (Lipinski definition) is 8. The number of ketones is 1. The van der Waals surface area contributed by atoms with Crippen molar-refractivity contribution in [1.82, 2.24) is 9.80 Å². The molecule has 6 atom stereocenters. The van der Waals surface area contributed by atoms with Gasteiger partial charge in [0.05, 0.1) is 43.0 Å². The number of ether oxygens (including phenoxy) is 2. The number of carbonyl (C=O) groups is 3. The van der Waals surface area contributed by atoms with Crippen LogP contribution in [0.2, 0.25) is 0 Å². The third kappa shape index (κ3) is 3.99. The van der Waals surface area contributed by atoms with E-state index in [1.807, 2.05) is 29.2 Å². The zero-order chi connectivity index (χ0) is 34.6. The third-order valence-corrected chi connectivity index (χ3v) is 13.6. The molecule has 2 bridgehead atoms. The lowest BCUT2D eigenvalue weighted by Gasteiger charge is -2.54. The minimum atomic E-state index is -0.453. The molecule has 2 aromatic carbocycles. The normalized spacial score (nSPS) is 33.8. The monoisotopic (exact) mass is 674 g/mol. The summed E-state index contributed by atoms with van der Waals surface area (Å²) in [6.07, 6.45) is 13.4. The van der Waals surface area contributed by atoms with Gasteiger partial charge in [0.2, 0.25) is 5.91 Å². The van der Waals surface area contributed by atoms with Gasteiger partial charge in [-0.25, -0.2) is 4.79 Å². The molecule has 1 amide bonds. The number of rotatable bonds is 5. The summed E-state index contributed by atoms with van der Waals surface area (Å²) >= 11 is 0. The molecule has 9 rings (SSSR count). The number of esters is 1. The van der Waals surface area contributed by atoms with Gasteiger partial charge in [0, 0.05) is 78.0 Å². The molecule has 6 heterocycles. The Morgan fingerprint density at radius 2 is 1.74 bits per heavy atom. The number of anilines is 2. The van der Waals surface area contributed by atoms with Crippen LogP contribution in [0.5, 0.6) is 5.75 Å². The van der Waals surface area contributed by atoms with Gasteiger partial charge < -0.3 is 19.7 Å². The Labute approximate surface area is 294 Å². The van der Waals surface area contributed by atoms with Crippen molar-refractivity contribution in [2.24, 2.45) is 10.8 Å². The zero-order valence-corrected chi connectivity index (χ0v) is 29.5. The number of nitrogens with one attached hydrogen (secondary N) is 1. The van der Waals surface area contributed by atoms with Crippen molar-refractivity contribution in [3.05, 3.63) is 88.7 Å². The van der Waals surface area contributed by atoms with Gasteiger partial charge in [-0.3, -0.25) is 19.4 Å². The lowest BCUT2D eigenvalue weighted by atomic mass is 9.55. The summed E-state index contributed by atoms with van der Waals surface area (Å²) in [5, 5.41) is 3.76. The minimum Gasteiger partial charge on any atom is -0.496 e. The molecule has 0 aromatic heterocycles. The molecule has 50 heavy (non-hydrogen) atoms. The largest absolute Gasteiger partial charge is 0.496 e. The van der Waals surface area contributed by atoms with Crippen LogP contribution in [0, 0.1) is 10.8 Å². The number of fused-ring (bicyclic) bond motifs is 4. The lowest BCUT2D eigenvalue weighted by Crippen LogP contribution is -2.63. The smallest absolute Gasteiger partial charge is 0.335 e. The van der Waals surface area contributed by atoms with E-state index in [1.165, 1.54) is 7.11 Å². The van der Waals surface area contributed by atoms with Gasteiger partial charge in [-0.2, -0.15) is 0 Å². The van der Waals surface area contributed by atoms with Crippen LogP contribution in [-0.2, 0) is 19.7 Å². The highest BCUT2D eigenvalue weighted by Crippen LogP contribution is 2.65. The van der Waals surface area contributed by atoms with Crippen molar-refractivity contribution in [2.45, 2.75) is 75.9 Å². The van der Waals surface area contributed by atoms with Gasteiger partial charge in [0.15, 0.2) is 5.78 Å². The summed E-state index contributed by atoms with van der Waals surface area (Å²) in [5.74, 6) is 0.500. The highest BCUT2D eigenvalue weighted by atomic mass is 16.5. The van der Waals surface area contributed by atoms with Crippen molar-refractivity contribution < 1.29 is 23.9 Å². The molecule has 1 spiro atoms. The molecular formula is C41H46N4O5. The average Bonchev–Trinajstić information content (AvgIpc) is 3.71. The summed E-state index contributed by atoms with van der Waals surface area (Å²) in [5.41, 5.74) is 4.91. The fourth-order valence-electron chi connectivity index (χ4n) is 11.4. The number of benzene rings is 2. The van der Waals surface area contributed by atoms with Crippen molar-refractivity contribution in [1.29, 1.82) is 0 Å². The highest BCUT2D eigenvalue weighted by molar-refractivity contribution is 6.08. The van der Waals surface area contributed by atoms with Crippen LogP contribution < -0.4 is 15.0 Å². The molecule has 1 N–H and O–H groups in total. The van der Waals surface area contributed by atoms with E-state index in [4.69, 9.17) is 9.47 Å². The van der Waals surface area contributed by atoms with Crippen LogP contribution in [0.3, 0.4) is 0 Å². The topological polar surface area (TPSA) is 91.4 Å². The second kappa shape index (κ2) is 11.1. The summed E-state index contributed by atoms with van der Waals surface area (Å²) in [6.45, 7) is 7.42. The van der Waals surface area contributed by atoms with Crippen molar-refractivity contribution in [3.63, 3.8) is 0 Å². The molecular weight excluding hydrogens is 628 g/mol. The standard InChI is InChI=1S/C41H46N4O5/c1-5-39-14-9-17-43-19-13-32(46)25-11-7-8-12-30(25)45(36(47)35(39)43)31(24-39)26-21-28-29(22-33(26)49-3)42-34-27(37(48)50-4)23-40(6-2)15-10-18-44-20-16-41(28,34)38(40)44/h7-12,14-15,21-22,31,35,38,42H,5-6,13,16-20,23-24H2,1-4H3/t31-,35-,38+,39+,40+,41+/m1/s1. The fourth-order valence-corrected chi connectivity index (χ4v) is 11.4. The van der Waals surface area contributed by atoms with Gasteiger partial charge in [-0.15, -0.1) is 0 Å². The van der Waals surface area contributed by atoms with Gasteiger partial charge >= 0.3 is 5.97 Å². The van der Waals surface area contributed by atoms with Gasteiger partial charge in [0.1, 0.15) is 5.75 Å². The Kier molecular flexibility index (Phi) is 7.08. The predicted octanol–water partition coefficient (Wildman–Crippen LogP) is 5.93. The molecule has 9 heteroatoms. The van der Waals surface area contributed by atoms with Crippen LogP contribution in [-0.4, -0.2) is 79.9 Å². The molecule has 2 fully saturated rings. The maximum Gasteiger partial charge on any atom is 0.335 e. The first-order valence-electron chi connectivity index (χ1n) is 18.4. The molecule has 9 nitrogen and oxygen atoms in total. The molecule has 0 radical (unpaired) electrons. The Morgan fingerprint density at radius 3 is 2.50 bits per heavy atom. The van der Waals surface area contributed by atoms with Crippen molar-refractivity contribution in [2.75, 3.05) is 50.6 Å². The van der Waals surface area contributed by atoms with Gasteiger partial charge in [-0.1, -0.05) is 50.3 Å². The van der Waals surface area contributed by atoms with Crippen LogP contribution in [0.15, 0.2) is 72.0 Å².